The summed E-state index contributed by atoms with van der Waals surface area (Å²) in [5.74, 6) is 0.0452. The second kappa shape index (κ2) is 13.3. The number of rotatable bonds is 7. The molecule has 0 heterocycles. The van der Waals surface area contributed by atoms with Crippen molar-refractivity contribution in [2.75, 3.05) is 0 Å². The zero-order valence-corrected chi connectivity index (χ0v) is 26.8. The third kappa shape index (κ3) is 6.73. The molecule has 44 heavy (non-hydrogen) atoms. The number of carbonyl (C=O) groups is 2. The van der Waals surface area contributed by atoms with Gasteiger partial charge in [0.05, 0.1) is 5.57 Å². The van der Waals surface area contributed by atoms with Gasteiger partial charge < -0.3 is 5.73 Å². The van der Waals surface area contributed by atoms with Crippen molar-refractivity contribution in [1.29, 1.82) is 0 Å². The minimum absolute atomic E-state index is 0.125. The van der Waals surface area contributed by atoms with Crippen molar-refractivity contribution in [3.63, 3.8) is 0 Å². The van der Waals surface area contributed by atoms with E-state index in [2.05, 4.69) is 128 Å². The number of nitrogens with two attached hydrogens (primary N) is 1. The van der Waals surface area contributed by atoms with Gasteiger partial charge in [-0.1, -0.05) is 140 Å². The quantitative estimate of drug-likeness (QED) is 0.262. The van der Waals surface area contributed by atoms with E-state index in [1.165, 1.54) is 12.2 Å². The van der Waals surface area contributed by atoms with E-state index in [9.17, 15) is 9.59 Å². The van der Waals surface area contributed by atoms with Gasteiger partial charge in [0.1, 0.15) is 0 Å². The molecule has 2 N–H and O–H groups in total. The highest BCUT2D eigenvalue weighted by atomic mass is 16.2. The van der Waals surface area contributed by atoms with Gasteiger partial charge in [-0.2, -0.15) is 0 Å². The van der Waals surface area contributed by atoms with Crippen LogP contribution in [-0.2, 0) is 15.0 Å². The fourth-order valence-electron chi connectivity index (χ4n) is 5.63. The molecule has 0 fully saturated rings. The zero-order chi connectivity index (χ0) is 32.2. The molecule has 0 radical (unpaired) electrons. The number of carbonyl (C=O) groups excluding carboxylic acids is 2. The van der Waals surface area contributed by atoms with E-state index in [0.29, 0.717) is 23.0 Å². The van der Waals surface area contributed by atoms with Crippen LogP contribution < -0.4 is 5.73 Å². The first kappa shape index (κ1) is 32.2. The highest BCUT2D eigenvalue weighted by Gasteiger charge is 2.33. The Morgan fingerprint density at radius 1 is 0.909 bits per heavy atom. The fourth-order valence-corrected chi connectivity index (χ4v) is 5.63. The Bertz CT molecular complexity index is 1710. The van der Waals surface area contributed by atoms with Gasteiger partial charge in [0.25, 0.3) is 0 Å². The van der Waals surface area contributed by atoms with Crippen molar-refractivity contribution in [2.24, 2.45) is 17.6 Å². The molecule has 0 spiro atoms. The molecule has 2 aromatic rings. The van der Waals surface area contributed by atoms with E-state index in [-0.39, 0.29) is 22.6 Å². The molecule has 2 aliphatic rings. The Balaban J connectivity index is 1.97. The minimum Gasteiger partial charge on any atom is -0.399 e. The van der Waals surface area contributed by atoms with E-state index in [1.54, 1.807) is 6.08 Å². The third-order valence-corrected chi connectivity index (χ3v) is 8.00. The lowest BCUT2D eigenvalue weighted by molar-refractivity contribution is -0.115. The largest absolute Gasteiger partial charge is 0.399 e. The van der Waals surface area contributed by atoms with Crippen molar-refractivity contribution in [3.05, 3.63) is 154 Å². The lowest BCUT2D eigenvalue weighted by Gasteiger charge is -2.30. The number of hydrogen-bond donors (Lipinski definition) is 1. The SMILES string of the molecule is C=CC1=C(C=C)C(=O)C(=Cc2ccc3c(c2)/C=C(\C=C/C(C)C)/C=C\C=C(\C(N)=C\C(C)C)C(C)(C)c2cccc-3c2)C1=O. The molecule has 224 valence electrons. The third-order valence-electron chi connectivity index (χ3n) is 8.00. The molecule has 0 saturated carbocycles. The molecule has 2 aliphatic carbocycles. The van der Waals surface area contributed by atoms with Gasteiger partial charge in [-0.05, 0) is 69.0 Å². The fraction of sp³-hybridized carbons (Fsp3) is 0.220. The summed E-state index contributed by atoms with van der Waals surface area (Å²) in [6.07, 6.45) is 19.4. The molecule has 0 aliphatic heterocycles. The molecule has 0 saturated heterocycles. The number of fused-ring (bicyclic) bond motifs is 4. The maximum absolute atomic E-state index is 13.1. The standard InChI is InChI=1S/C41H43NO2/c1-9-33-34(10-2)40(44)36(39(33)43)24-29-19-20-35-30-14-12-15-32(25-30)41(7,8)37(38(42)21-27(5)6)16-11-13-28(18-17-26(3)4)22-31(35)23-29/h9-27H,1-2,42H2,3-8H3/b13-11-,18-17-,28-22-,37-16-,38-21-. The summed E-state index contributed by atoms with van der Waals surface area (Å²) in [7, 11) is 0. The van der Waals surface area contributed by atoms with Crippen molar-refractivity contribution in [1.82, 2.24) is 0 Å². The lowest BCUT2D eigenvalue weighted by atomic mass is 9.74. The lowest BCUT2D eigenvalue weighted by Crippen LogP contribution is -2.25. The van der Waals surface area contributed by atoms with Gasteiger partial charge >= 0.3 is 0 Å². The summed E-state index contributed by atoms with van der Waals surface area (Å²) in [5, 5.41) is 0. The number of benzene rings is 2. The summed E-state index contributed by atoms with van der Waals surface area (Å²) < 4.78 is 0. The monoisotopic (exact) mass is 581 g/mol. The normalized spacial score (nSPS) is 20.1. The summed E-state index contributed by atoms with van der Waals surface area (Å²) in [5.41, 5.74) is 14.9. The Kier molecular flexibility index (Phi) is 9.69. The van der Waals surface area contributed by atoms with E-state index >= 15 is 0 Å². The van der Waals surface area contributed by atoms with Crippen LogP contribution in [-0.4, -0.2) is 11.6 Å². The van der Waals surface area contributed by atoms with Crippen molar-refractivity contribution < 1.29 is 9.59 Å². The Morgan fingerprint density at radius 3 is 2.20 bits per heavy atom. The highest BCUT2D eigenvalue weighted by molar-refractivity contribution is 6.41. The first-order valence-electron chi connectivity index (χ1n) is 15.2. The number of Topliss-reactive ketones (excluding diaryl/α,β-unsaturated/α-hetero) is 2. The number of ketones is 2. The van der Waals surface area contributed by atoms with Crippen molar-refractivity contribution >= 4 is 23.7 Å². The topological polar surface area (TPSA) is 60.2 Å². The van der Waals surface area contributed by atoms with Gasteiger partial charge in [-0.15, -0.1) is 0 Å². The van der Waals surface area contributed by atoms with Crippen LogP contribution in [0.5, 0.6) is 0 Å². The number of allylic oxidation sites excluding steroid dienone is 13. The zero-order valence-electron chi connectivity index (χ0n) is 26.8. The summed E-state index contributed by atoms with van der Waals surface area (Å²) >= 11 is 0. The molecule has 0 amide bonds. The molecular formula is C41H43NO2. The number of hydrogen-bond acceptors (Lipinski definition) is 3. The molecular weight excluding hydrogens is 538 g/mol. The summed E-state index contributed by atoms with van der Waals surface area (Å²) in [6.45, 7) is 20.4. The van der Waals surface area contributed by atoms with Gasteiger partial charge in [-0.25, -0.2) is 0 Å². The highest BCUT2D eigenvalue weighted by Crippen LogP contribution is 2.38. The van der Waals surface area contributed by atoms with Crippen LogP contribution in [0.25, 0.3) is 23.3 Å². The van der Waals surface area contributed by atoms with E-state index < -0.39 is 0 Å². The molecule has 4 rings (SSSR count). The molecule has 3 heteroatoms. The maximum atomic E-state index is 13.1. The molecule has 0 unspecified atom stereocenters. The Hall–Kier alpha value is -4.76. The molecule has 3 nitrogen and oxygen atoms in total. The van der Waals surface area contributed by atoms with Crippen LogP contribution in [0.2, 0.25) is 0 Å². The van der Waals surface area contributed by atoms with Crippen LogP contribution >= 0.6 is 0 Å². The van der Waals surface area contributed by atoms with Crippen LogP contribution in [0.1, 0.15) is 58.2 Å². The second-order valence-electron chi connectivity index (χ2n) is 12.6. The molecule has 2 aromatic carbocycles. The van der Waals surface area contributed by atoms with Gasteiger partial charge in [-0.3, -0.25) is 9.59 Å². The van der Waals surface area contributed by atoms with E-state index in [0.717, 1.165) is 44.7 Å². The Morgan fingerprint density at radius 2 is 1.59 bits per heavy atom. The van der Waals surface area contributed by atoms with Gasteiger partial charge in [0.2, 0.25) is 0 Å². The van der Waals surface area contributed by atoms with Crippen LogP contribution in [0.15, 0.2) is 138 Å². The molecule has 0 aromatic heterocycles. The average Bonchev–Trinajstić information content (AvgIpc) is 3.20. The van der Waals surface area contributed by atoms with Crippen molar-refractivity contribution in [2.45, 2.75) is 47.0 Å². The minimum atomic E-state index is -0.362. The smallest absolute Gasteiger partial charge is 0.197 e. The average molecular weight is 582 g/mol. The molecule has 2 bridgehead atoms. The van der Waals surface area contributed by atoms with Crippen molar-refractivity contribution in [3.8, 4) is 11.1 Å². The van der Waals surface area contributed by atoms with E-state index in [1.807, 2.05) is 12.1 Å². The van der Waals surface area contributed by atoms with E-state index in [4.69, 9.17) is 5.73 Å². The summed E-state index contributed by atoms with van der Waals surface area (Å²) in [4.78, 5) is 26.1. The van der Waals surface area contributed by atoms with Crippen LogP contribution in [0.3, 0.4) is 0 Å². The second-order valence-corrected chi connectivity index (χ2v) is 12.6. The molecule has 0 atom stereocenters. The predicted octanol–water partition coefficient (Wildman–Crippen LogP) is 9.43. The first-order valence-corrected chi connectivity index (χ1v) is 15.2. The summed E-state index contributed by atoms with van der Waals surface area (Å²) in [6, 6.07) is 14.6. The maximum Gasteiger partial charge on any atom is 0.197 e. The van der Waals surface area contributed by atoms with Crippen LogP contribution in [0.4, 0.5) is 0 Å². The Labute approximate surface area is 263 Å². The van der Waals surface area contributed by atoms with Gasteiger partial charge in [0.15, 0.2) is 11.6 Å². The first-order chi connectivity index (χ1) is 20.9. The van der Waals surface area contributed by atoms with Gasteiger partial charge in [0, 0.05) is 22.3 Å². The van der Waals surface area contributed by atoms with Crippen LogP contribution in [0, 0.1) is 11.8 Å². The predicted molar refractivity (Wildman–Crippen MR) is 187 cm³/mol.